The van der Waals surface area contributed by atoms with Crippen LogP contribution in [0.2, 0.25) is 0 Å². The third-order valence-corrected chi connectivity index (χ3v) is 3.97. The molecule has 2 heteroatoms. The lowest BCUT2D eigenvalue weighted by molar-refractivity contribution is 0.505. The van der Waals surface area contributed by atoms with E-state index < -0.39 is 0 Å². The second-order valence-corrected chi connectivity index (χ2v) is 5.13. The monoisotopic (exact) mass is 231 g/mol. The van der Waals surface area contributed by atoms with Gasteiger partial charge in [-0.25, -0.2) is 0 Å². The first-order valence-corrected chi connectivity index (χ1v) is 6.79. The van der Waals surface area contributed by atoms with Gasteiger partial charge in [-0.1, -0.05) is 18.2 Å². The summed E-state index contributed by atoms with van der Waals surface area (Å²) in [6.07, 6.45) is 8.41. The zero-order valence-corrected chi connectivity index (χ0v) is 10.2. The SMILES string of the molecule is C#CCCCNC1CCSc2ccccc21. The normalized spacial score (nSPS) is 18.8. The Labute approximate surface area is 102 Å². The van der Waals surface area contributed by atoms with Gasteiger partial charge in [-0.05, 0) is 36.8 Å². The highest BCUT2D eigenvalue weighted by Gasteiger charge is 2.18. The van der Waals surface area contributed by atoms with Crippen molar-refractivity contribution in [2.45, 2.75) is 30.2 Å². The molecule has 1 aromatic carbocycles. The number of thioether (sulfide) groups is 1. The Balaban J connectivity index is 1.94. The fourth-order valence-electron chi connectivity index (χ4n) is 2.02. The number of hydrogen-bond acceptors (Lipinski definition) is 2. The molecule has 0 fully saturated rings. The van der Waals surface area contributed by atoms with Gasteiger partial charge in [0.05, 0.1) is 0 Å². The maximum atomic E-state index is 5.24. The van der Waals surface area contributed by atoms with Crippen molar-refractivity contribution in [2.24, 2.45) is 0 Å². The minimum Gasteiger partial charge on any atom is -0.310 e. The predicted molar refractivity (Wildman–Crippen MR) is 70.6 cm³/mol. The summed E-state index contributed by atoms with van der Waals surface area (Å²) in [5.41, 5.74) is 1.46. The highest BCUT2D eigenvalue weighted by atomic mass is 32.2. The molecule has 1 N–H and O–H groups in total. The van der Waals surface area contributed by atoms with Crippen LogP contribution in [0, 0.1) is 12.3 Å². The number of rotatable bonds is 4. The topological polar surface area (TPSA) is 12.0 Å². The van der Waals surface area contributed by atoms with E-state index >= 15 is 0 Å². The molecule has 0 saturated heterocycles. The van der Waals surface area contributed by atoms with Gasteiger partial charge < -0.3 is 5.32 Å². The van der Waals surface area contributed by atoms with Crippen LogP contribution in [0.25, 0.3) is 0 Å². The van der Waals surface area contributed by atoms with Crippen molar-refractivity contribution in [1.82, 2.24) is 5.32 Å². The molecule has 0 aliphatic carbocycles. The second kappa shape index (κ2) is 5.98. The Morgan fingerprint density at radius 2 is 2.31 bits per heavy atom. The molecule has 1 aliphatic rings. The molecule has 0 amide bonds. The average Bonchev–Trinajstić information content (AvgIpc) is 2.35. The summed E-state index contributed by atoms with van der Waals surface area (Å²) in [5.74, 6) is 3.89. The van der Waals surface area contributed by atoms with Gasteiger partial charge in [-0.2, -0.15) is 0 Å². The molecule has 1 unspecified atom stereocenters. The molecule has 1 heterocycles. The molecule has 0 aromatic heterocycles. The average molecular weight is 231 g/mol. The Kier molecular flexibility index (Phi) is 4.33. The lowest BCUT2D eigenvalue weighted by atomic mass is 10.0. The van der Waals surface area contributed by atoms with Crippen LogP contribution in [0.15, 0.2) is 29.2 Å². The summed E-state index contributed by atoms with van der Waals surface area (Å²) in [4.78, 5) is 1.43. The lowest BCUT2D eigenvalue weighted by Crippen LogP contribution is -2.25. The maximum Gasteiger partial charge on any atom is 0.0339 e. The highest BCUT2D eigenvalue weighted by Crippen LogP contribution is 2.35. The Hall–Kier alpha value is -0.910. The Bertz CT molecular complexity index is 381. The molecule has 0 spiro atoms. The summed E-state index contributed by atoms with van der Waals surface area (Å²) in [7, 11) is 0. The van der Waals surface area contributed by atoms with Crippen LogP contribution in [0.4, 0.5) is 0 Å². The molecule has 2 rings (SSSR count). The smallest absolute Gasteiger partial charge is 0.0339 e. The molecule has 1 atom stereocenters. The molecule has 0 saturated carbocycles. The van der Waals surface area contributed by atoms with Crippen LogP contribution in [0.3, 0.4) is 0 Å². The van der Waals surface area contributed by atoms with Crippen molar-refractivity contribution in [3.8, 4) is 12.3 Å². The van der Waals surface area contributed by atoms with Crippen LogP contribution in [0.5, 0.6) is 0 Å². The van der Waals surface area contributed by atoms with Gasteiger partial charge in [-0.3, -0.25) is 0 Å². The number of hydrogen-bond donors (Lipinski definition) is 1. The van der Waals surface area contributed by atoms with Crippen molar-refractivity contribution in [3.63, 3.8) is 0 Å². The van der Waals surface area contributed by atoms with Crippen molar-refractivity contribution >= 4 is 11.8 Å². The van der Waals surface area contributed by atoms with Gasteiger partial charge in [0.1, 0.15) is 0 Å². The predicted octanol–water partition coefficient (Wildman–Crippen LogP) is 3.23. The maximum absolute atomic E-state index is 5.24. The van der Waals surface area contributed by atoms with E-state index in [1.165, 1.54) is 22.6 Å². The van der Waals surface area contributed by atoms with Crippen molar-refractivity contribution in [1.29, 1.82) is 0 Å². The summed E-state index contributed by atoms with van der Waals surface area (Å²) in [6, 6.07) is 9.22. The molecule has 0 radical (unpaired) electrons. The minimum atomic E-state index is 0.523. The first-order chi connectivity index (χ1) is 7.92. The molecular weight excluding hydrogens is 214 g/mol. The number of benzene rings is 1. The first kappa shape index (κ1) is 11.6. The molecular formula is C14H17NS. The van der Waals surface area contributed by atoms with E-state index in [9.17, 15) is 0 Å². The molecule has 84 valence electrons. The van der Waals surface area contributed by atoms with E-state index in [0.29, 0.717) is 6.04 Å². The number of terminal acetylenes is 1. The van der Waals surface area contributed by atoms with Gasteiger partial charge in [-0.15, -0.1) is 24.1 Å². The highest BCUT2D eigenvalue weighted by molar-refractivity contribution is 7.99. The van der Waals surface area contributed by atoms with Crippen LogP contribution in [-0.2, 0) is 0 Å². The summed E-state index contributed by atoms with van der Waals surface area (Å²) < 4.78 is 0. The molecule has 1 aliphatic heterocycles. The van der Waals surface area contributed by atoms with E-state index in [4.69, 9.17) is 6.42 Å². The Morgan fingerprint density at radius 1 is 1.44 bits per heavy atom. The third kappa shape index (κ3) is 2.81. The van der Waals surface area contributed by atoms with Crippen molar-refractivity contribution < 1.29 is 0 Å². The van der Waals surface area contributed by atoms with Crippen LogP contribution in [0.1, 0.15) is 30.9 Å². The Morgan fingerprint density at radius 3 is 3.19 bits per heavy atom. The van der Waals surface area contributed by atoms with Gasteiger partial charge in [0, 0.05) is 17.4 Å². The number of unbranched alkanes of at least 4 members (excludes halogenated alkanes) is 1. The fraction of sp³-hybridized carbons (Fsp3) is 0.429. The zero-order valence-electron chi connectivity index (χ0n) is 9.41. The first-order valence-electron chi connectivity index (χ1n) is 5.80. The standard InChI is InChI=1S/C14H17NS/c1-2-3-6-10-15-13-9-11-16-14-8-5-4-7-12(13)14/h1,4-5,7-8,13,15H,3,6,9-11H2. The summed E-state index contributed by atoms with van der Waals surface area (Å²) in [5, 5.41) is 3.60. The van der Waals surface area contributed by atoms with E-state index in [-0.39, 0.29) is 0 Å². The molecule has 1 aromatic rings. The number of nitrogens with one attached hydrogen (secondary N) is 1. The van der Waals surface area contributed by atoms with E-state index in [0.717, 1.165) is 19.4 Å². The summed E-state index contributed by atoms with van der Waals surface area (Å²) in [6.45, 7) is 1.02. The van der Waals surface area contributed by atoms with Gasteiger partial charge in [0.15, 0.2) is 0 Å². The second-order valence-electron chi connectivity index (χ2n) is 3.99. The van der Waals surface area contributed by atoms with Crippen LogP contribution < -0.4 is 5.32 Å². The molecule has 16 heavy (non-hydrogen) atoms. The quantitative estimate of drug-likeness (QED) is 0.631. The summed E-state index contributed by atoms with van der Waals surface area (Å²) >= 11 is 1.96. The fourth-order valence-corrected chi connectivity index (χ4v) is 3.15. The number of fused-ring (bicyclic) bond motifs is 1. The largest absolute Gasteiger partial charge is 0.310 e. The molecule has 0 bridgehead atoms. The van der Waals surface area contributed by atoms with Crippen LogP contribution in [-0.4, -0.2) is 12.3 Å². The van der Waals surface area contributed by atoms with Crippen molar-refractivity contribution in [3.05, 3.63) is 29.8 Å². The zero-order chi connectivity index (χ0) is 11.2. The van der Waals surface area contributed by atoms with Crippen LogP contribution >= 0.6 is 11.8 Å². The van der Waals surface area contributed by atoms with E-state index in [1.807, 2.05) is 11.8 Å². The molecule has 1 nitrogen and oxygen atoms in total. The van der Waals surface area contributed by atoms with Gasteiger partial charge >= 0.3 is 0 Å². The van der Waals surface area contributed by atoms with Gasteiger partial charge in [0.2, 0.25) is 0 Å². The van der Waals surface area contributed by atoms with E-state index in [2.05, 4.69) is 35.5 Å². The minimum absolute atomic E-state index is 0.523. The van der Waals surface area contributed by atoms with E-state index in [1.54, 1.807) is 0 Å². The van der Waals surface area contributed by atoms with Gasteiger partial charge in [0.25, 0.3) is 0 Å². The third-order valence-electron chi connectivity index (χ3n) is 2.85. The lowest BCUT2D eigenvalue weighted by Gasteiger charge is -2.25. The van der Waals surface area contributed by atoms with Crippen molar-refractivity contribution in [2.75, 3.05) is 12.3 Å².